The van der Waals surface area contributed by atoms with E-state index in [-0.39, 0.29) is 5.41 Å². The predicted octanol–water partition coefficient (Wildman–Crippen LogP) is 8.67. The lowest BCUT2D eigenvalue weighted by Crippen LogP contribution is -2.12. The fourth-order valence-electron chi connectivity index (χ4n) is 4.57. The molecule has 0 aliphatic rings. The molecule has 5 rings (SSSR count). The minimum Gasteiger partial charge on any atom is -0.256 e. The number of thiophene rings is 1. The van der Waals surface area contributed by atoms with Gasteiger partial charge in [-0.15, -0.1) is 11.3 Å². The second-order valence-electron chi connectivity index (χ2n) is 10.3. The van der Waals surface area contributed by atoms with Crippen LogP contribution in [0.2, 0.25) is 0 Å². The van der Waals surface area contributed by atoms with Gasteiger partial charge in [0.2, 0.25) is 0 Å². The first-order chi connectivity index (χ1) is 15.8. The van der Waals surface area contributed by atoms with Gasteiger partial charge in [-0.05, 0) is 80.8 Å². The number of nitrogens with zero attached hydrogens (tertiary/aromatic N) is 2. The number of hydrogen-bond donors (Lipinski definition) is 0. The summed E-state index contributed by atoms with van der Waals surface area (Å²) in [6, 6.07) is 19.7. The number of hydrogen-bond acceptors (Lipinski definition) is 3. The summed E-state index contributed by atoms with van der Waals surface area (Å²) >= 11 is 1.79. The molecule has 0 unspecified atom stereocenters. The van der Waals surface area contributed by atoms with Crippen LogP contribution in [0.15, 0.2) is 72.4 Å². The molecule has 3 aromatic heterocycles. The molecule has 0 aliphatic carbocycles. The molecule has 0 aliphatic heterocycles. The van der Waals surface area contributed by atoms with Crippen LogP contribution in [0.25, 0.3) is 43.4 Å². The smallest absolute Gasteiger partial charge is 0.0710 e. The summed E-state index contributed by atoms with van der Waals surface area (Å²) in [5, 5.41) is 6.19. The lowest BCUT2D eigenvalue weighted by atomic mass is 9.82. The maximum absolute atomic E-state index is 4.79. The van der Waals surface area contributed by atoms with Crippen LogP contribution in [0.3, 0.4) is 0 Å². The molecule has 2 aromatic carbocycles. The monoisotopic (exact) mass is 450 g/mol. The average Bonchev–Trinajstić information content (AvgIpc) is 3.19. The van der Waals surface area contributed by atoms with Gasteiger partial charge in [0.1, 0.15) is 0 Å². The first-order valence-corrected chi connectivity index (χ1v) is 12.5. The van der Waals surface area contributed by atoms with Crippen molar-refractivity contribution >= 4 is 32.2 Å². The zero-order chi connectivity index (χ0) is 23.2. The van der Waals surface area contributed by atoms with Crippen LogP contribution in [0.1, 0.15) is 45.7 Å². The second-order valence-corrected chi connectivity index (χ2v) is 11.3. The predicted molar refractivity (Wildman–Crippen MR) is 143 cm³/mol. The first kappa shape index (κ1) is 21.8. The Balaban J connectivity index is 1.61. The highest BCUT2D eigenvalue weighted by atomic mass is 32.1. The van der Waals surface area contributed by atoms with Crippen molar-refractivity contribution in [3.8, 4) is 22.5 Å². The molecule has 5 aromatic rings. The molecule has 0 fully saturated rings. The minimum absolute atomic E-state index is 0.0472. The molecular weight excluding hydrogens is 420 g/mol. The topological polar surface area (TPSA) is 25.8 Å². The van der Waals surface area contributed by atoms with Crippen molar-refractivity contribution in [1.82, 2.24) is 9.97 Å². The zero-order valence-electron chi connectivity index (χ0n) is 20.0. The summed E-state index contributed by atoms with van der Waals surface area (Å²) in [7, 11) is 0. The average molecular weight is 451 g/mol. The van der Waals surface area contributed by atoms with Crippen LogP contribution in [-0.2, 0) is 11.8 Å². The Morgan fingerprint density at radius 1 is 0.848 bits per heavy atom. The molecule has 0 saturated heterocycles. The fraction of sp³-hybridized carbons (Fsp3) is 0.267. The Morgan fingerprint density at radius 2 is 1.64 bits per heavy atom. The van der Waals surface area contributed by atoms with E-state index in [2.05, 4.69) is 94.6 Å². The summed E-state index contributed by atoms with van der Waals surface area (Å²) in [6.07, 6.45) is 5.02. The van der Waals surface area contributed by atoms with E-state index in [4.69, 9.17) is 9.97 Å². The lowest BCUT2D eigenvalue weighted by molar-refractivity contribution is 0.596. The summed E-state index contributed by atoms with van der Waals surface area (Å²) in [4.78, 5) is 9.54. The van der Waals surface area contributed by atoms with Crippen molar-refractivity contribution in [3.63, 3.8) is 0 Å². The standard InChI is InChI=1S/C30H30N2S/c1-19(2)12-23-18-33-29-17-32-28(16-25(23)29)21-10-11-31-27(15-21)22-13-20-8-6-7-9-24(20)26(14-22)30(3,4)5/h6-11,13-19H,12H2,1-5H3. The third kappa shape index (κ3) is 4.30. The lowest BCUT2D eigenvalue weighted by Gasteiger charge is -2.22. The van der Waals surface area contributed by atoms with Gasteiger partial charge >= 0.3 is 0 Å². The number of rotatable bonds is 4. The maximum atomic E-state index is 4.79. The summed E-state index contributed by atoms with van der Waals surface area (Å²) in [6.45, 7) is 11.4. The Morgan fingerprint density at radius 3 is 2.42 bits per heavy atom. The second kappa shape index (κ2) is 8.39. The van der Waals surface area contributed by atoms with Crippen LogP contribution < -0.4 is 0 Å². The summed E-state index contributed by atoms with van der Waals surface area (Å²) < 4.78 is 1.26. The van der Waals surface area contributed by atoms with Crippen molar-refractivity contribution < 1.29 is 0 Å². The third-order valence-electron chi connectivity index (χ3n) is 6.19. The van der Waals surface area contributed by atoms with Gasteiger partial charge in [-0.25, -0.2) is 0 Å². The Hall–Kier alpha value is -3.04. The van der Waals surface area contributed by atoms with Crippen LogP contribution in [0.5, 0.6) is 0 Å². The molecule has 0 atom stereocenters. The number of pyridine rings is 2. The molecule has 0 radical (unpaired) electrons. The van der Waals surface area contributed by atoms with E-state index in [1.54, 1.807) is 11.3 Å². The van der Waals surface area contributed by atoms with Gasteiger partial charge in [0.15, 0.2) is 0 Å². The number of aromatic nitrogens is 2. The Labute approximate surface area is 200 Å². The van der Waals surface area contributed by atoms with Gasteiger partial charge in [-0.1, -0.05) is 58.9 Å². The summed E-state index contributed by atoms with van der Waals surface area (Å²) in [5.74, 6) is 0.636. The van der Waals surface area contributed by atoms with Crippen LogP contribution in [-0.4, -0.2) is 9.97 Å². The molecule has 0 amide bonds. The van der Waals surface area contributed by atoms with Crippen molar-refractivity contribution in [2.24, 2.45) is 5.92 Å². The molecule has 3 heteroatoms. The SMILES string of the molecule is CC(C)Cc1csc2cnc(-c3ccnc(-c4cc(C(C)(C)C)c5ccccc5c4)c3)cc12. The normalized spacial score (nSPS) is 12.2. The molecule has 33 heavy (non-hydrogen) atoms. The van der Waals surface area contributed by atoms with Crippen molar-refractivity contribution in [2.45, 2.75) is 46.5 Å². The van der Waals surface area contributed by atoms with Gasteiger partial charge in [0, 0.05) is 23.5 Å². The van der Waals surface area contributed by atoms with E-state index >= 15 is 0 Å². The third-order valence-corrected chi connectivity index (χ3v) is 7.17. The maximum Gasteiger partial charge on any atom is 0.0710 e. The summed E-state index contributed by atoms with van der Waals surface area (Å²) in [5.41, 5.74) is 7.06. The highest BCUT2D eigenvalue weighted by molar-refractivity contribution is 7.17. The van der Waals surface area contributed by atoms with Crippen molar-refractivity contribution in [3.05, 3.63) is 83.5 Å². The number of fused-ring (bicyclic) bond motifs is 2. The van der Waals surface area contributed by atoms with E-state index in [0.717, 1.165) is 28.9 Å². The van der Waals surface area contributed by atoms with Crippen molar-refractivity contribution in [2.75, 3.05) is 0 Å². The van der Waals surface area contributed by atoms with Gasteiger partial charge in [0.05, 0.1) is 16.1 Å². The molecule has 0 spiro atoms. The van der Waals surface area contributed by atoms with E-state index in [9.17, 15) is 0 Å². The highest BCUT2D eigenvalue weighted by Gasteiger charge is 2.19. The largest absolute Gasteiger partial charge is 0.256 e. The van der Waals surface area contributed by atoms with E-state index in [1.807, 2.05) is 12.4 Å². The first-order valence-electron chi connectivity index (χ1n) is 11.7. The molecule has 0 bridgehead atoms. The molecule has 166 valence electrons. The van der Waals surface area contributed by atoms with Crippen LogP contribution >= 0.6 is 11.3 Å². The molecule has 2 nitrogen and oxygen atoms in total. The van der Waals surface area contributed by atoms with Crippen molar-refractivity contribution in [1.29, 1.82) is 0 Å². The molecular formula is C30H30N2S. The van der Waals surface area contributed by atoms with E-state index in [0.29, 0.717) is 5.92 Å². The Kier molecular flexibility index (Phi) is 5.54. The van der Waals surface area contributed by atoms with Crippen LogP contribution in [0.4, 0.5) is 0 Å². The fourth-order valence-corrected chi connectivity index (χ4v) is 5.49. The molecule has 3 heterocycles. The van der Waals surface area contributed by atoms with Gasteiger partial charge < -0.3 is 0 Å². The van der Waals surface area contributed by atoms with Gasteiger partial charge in [-0.3, -0.25) is 9.97 Å². The molecule has 0 saturated carbocycles. The van der Waals surface area contributed by atoms with E-state index < -0.39 is 0 Å². The highest BCUT2D eigenvalue weighted by Crippen LogP contribution is 2.36. The quantitative estimate of drug-likeness (QED) is 0.274. The Bertz CT molecular complexity index is 1450. The molecule has 0 N–H and O–H groups in total. The van der Waals surface area contributed by atoms with Crippen LogP contribution in [0, 0.1) is 5.92 Å². The number of benzene rings is 2. The zero-order valence-corrected chi connectivity index (χ0v) is 20.8. The van der Waals surface area contributed by atoms with Gasteiger partial charge in [0.25, 0.3) is 0 Å². The van der Waals surface area contributed by atoms with Gasteiger partial charge in [-0.2, -0.15) is 0 Å². The minimum atomic E-state index is 0.0472. The van der Waals surface area contributed by atoms with E-state index in [1.165, 1.54) is 32.0 Å².